The molecule has 0 aliphatic rings. The van der Waals surface area contributed by atoms with Crippen LogP contribution in [0.2, 0.25) is 10.0 Å². The van der Waals surface area contributed by atoms with Gasteiger partial charge in [0.05, 0.1) is 20.9 Å². The van der Waals surface area contributed by atoms with Crippen LogP contribution in [0, 0.1) is 0 Å². The van der Waals surface area contributed by atoms with E-state index in [4.69, 9.17) is 28.2 Å². The summed E-state index contributed by atoms with van der Waals surface area (Å²) in [5.74, 6) is 0.929. The maximum Gasteiger partial charge on any atom is 0.151 e. The zero-order chi connectivity index (χ0) is 27.3. The Morgan fingerprint density at radius 1 is 0.795 bits per heavy atom. The number of hydrogen-bond acceptors (Lipinski definition) is 4. The second-order valence-corrected chi connectivity index (χ2v) is 13.2. The molecule has 0 aliphatic carbocycles. The highest BCUT2D eigenvalue weighted by Gasteiger charge is 2.07. The molecule has 0 saturated heterocycles. The van der Waals surface area contributed by atoms with Crippen LogP contribution in [0.15, 0.2) is 70.0 Å². The molecular weight excluding hydrogens is 559 g/mol. The lowest BCUT2D eigenvalue weighted by Crippen LogP contribution is -1.88. The first-order valence-corrected chi connectivity index (χ1v) is 16.8. The fraction of sp³-hybridized carbons (Fsp3) is 0.394. The van der Waals surface area contributed by atoms with Gasteiger partial charge in [-0.15, -0.1) is 11.3 Å². The molecule has 0 bridgehead atoms. The Bertz CT molecular complexity index is 1330. The van der Waals surface area contributed by atoms with Crippen molar-refractivity contribution in [1.29, 1.82) is 0 Å². The minimum Gasteiger partial charge on any atom is -0.256 e. The third-order valence-electron chi connectivity index (χ3n) is 6.87. The molecule has 2 nitrogen and oxygen atoms in total. The number of rotatable bonds is 16. The van der Waals surface area contributed by atoms with Crippen LogP contribution in [0.25, 0.3) is 10.2 Å². The molecule has 4 aromatic rings. The van der Waals surface area contributed by atoms with Crippen molar-refractivity contribution in [1.82, 2.24) is 4.98 Å². The Morgan fingerprint density at radius 3 is 2.21 bits per heavy atom. The zero-order valence-electron chi connectivity index (χ0n) is 22.8. The summed E-state index contributed by atoms with van der Waals surface area (Å²) in [5, 5.41) is 1.21. The summed E-state index contributed by atoms with van der Waals surface area (Å²) in [6.45, 7) is 2.28. The molecule has 0 fully saturated rings. The highest BCUT2D eigenvalue weighted by atomic mass is 35.5. The third-order valence-corrected chi connectivity index (χ3v) is 9.67. The number of fused-ring (bicyclic) bond motifs is 1. The van der Waals surface area contributed by atoms with E-state index in [0.717, 1.165) is 31.6 Å². The first kappa shape index (κ1) is 30.1. The van der Waals surface area contributed by atoms with E-state index in [1.165, 1.54) is 81.8 Å². The summed E-state index contributed by atoms with van der Waals surface area (Å²) in [6, 6.07) is 20.7. The number of aromatic nitrogens is 1. The molecule has 3 aromatic carbocycles. The van der Waals surface area contributed by atoms with E-state index >= 15 is 0 Å². The van der Waals surface area contributed by atoms with Crippen LogP contribution in [0.4, 0.5) is 5.69 Å². The van der Waals surface area contributed by atoms with Crippen LogP contribution in [0.1, 0.15) is 87.8 Å². The summed E-state index contributed by atoms with van der Waals surface area (Å²) in [7, 11) is 0. The van der Waals surface area contributed by atoms with Crippen LogP contribution in [0.5, 0.6) is 0 Å². The number of thiazole rings is 1. The second kappa shape index (κ2) is 16.4. The maximum atomic E-state index is 6.26. The van der Waals surface area contributed by atoms with Gasteiger partial charge in [-0.05, 0) is 54.3 Å². The van der Waals surface area contributed by atoms with Gasteiger partial charge in [0.1, 0.15) is 0 Å². The SMILES string of the molecule is CCCCCCCCCCCCc1ccc(CSc2nc3ccc(N=Cc4ccc(Cl)cc4Cl)cc3s2)cc1. The van der Waals surface area contributed by atoms with E-state index in [1.807, 2.05) is 24.3 Å². The lowest BCUT2D eigenvalue weighted by molar-refractivity contribution is 0.556. The van der Waals surface area contributed by atoms with Gasteiger partial charge in [-0.3, -0.25) is 4.99 Å². The molecule has 0 saturated carbocycles. The maximum absolute atomic E-state index is 6.26. The molecule has 4 rings (SSSR count). The van der Waals surface area contributed by atoms with Crippen LogP contribution < -0.4 is 0 Å². The van der Waals surface area contributed by atoms with Crippen LogP contribution in [-0.2, 0) is 12.2 Å². The molecule has 0 spiro atoms. The molecule has 0 unspecified atom stereocenters. The molecule has 39 heavy (non-hydrogen) atoms. The fourth-order valence-electron chi connectivity index (χ4n) is 4.55. The smallest absolute Gasteiger partial charge is 0.151 e. The van der Waals surface area contributed by atoms with Crippen LogP contribution >= 0.6 is 46.3 Å². The van der Waals surface area contributed by atoms with Gasteiger partial charge in [0, 0.05) is 22.6 Å². The highest BCUT2D eigenvalue weighted by Crippen LogP contribution is 2.33. The summed E-state index contributed by atoms with van der Waals surface area (Å²) in [5.41, 5.74) is 5.54. The van der Waals surface area contributed by atoms with Crippen molar-refractivity contribution in [2.24, 2.45) is 4.99 Å². The van der Waals surface area contributed by atoms with Gasteiger partial charge < -0.3 is 0 Å². The molecule has 1 aromatic heterocycles. The second-order valence-electron chi connectivity index (χ2n) is 10.1. The minimum absolute atomic E-state index is 0.593. The topological polar surface area (TPSA) is 25.2 Å². The summed E-state index contributed by atoms with van der Waals surface area (Å²) >= 11 is 15.8. The highest BCUT2D eigenvalue weighted by molar-refractivity contribution is 8.00. The van der Waals surface area contributed by atoms with E-state index in [1.54, 1.807) is 35.4 Å². The standard InChI is InChI=1S/C33H38Cl2N2S2/c1-2-3-4-5-6-7-8-9-10-11-12-25-13-15-26(16-14-25)24-38-33-37-31-20-19-29(22-32(31)39-33)36-23-27-17-18-28(34)21-30(27)35/h13-23H,2-12,24H2,1H3. The molecule has 6 heteroatoms. The van der Waals surface area contributed by atoms with Crippen LogP contribution in [0.3, 0.4) is 0 Å². The van der Waals surface area contributed by atoms with Gasteiger partial charge in [-0.2, -0.15) is 0 Å². The molecule has 1 heterocycles. The Kier molecular flexibility index (Phi) is 12.7. The van der Waals surface area contributed by atoms with E-state index in [0.29, 0.717) is 10.0 Å². The average Bonchev–Trinajstić information content (AvgIpc) is 3.35. The van der Waals surface area contributed by atoms with E-state index in [-0.39, 0.29) is 0 Å². The molecule has 0 atom stereocenters. The van der Waals surface area contributed by atoms with E-state index in [2.05, 4.69) is 42.2 Å². The molecule has 0 aliphatic heterocycles. The lowest BCUT2D eigenvalue weighted by Gasteiger charge is -2.05. The molecule has 206 valence electrons. The molecule has 0 N–H and O–H groups in total. The monoisotopic (exact) mass is 596 g/mol. The van der Waals surface area contributed by atoms with Crippen molar-refractivity contribution >= 4 is 68.4 Å². The average molecular weight is 598 g/mol. The van der Waals surface area contributed by atoms with E-state index < -0.39 is 0 Å². The number of nitrogens with zero attached hydrogens (tertiary/aromatic N) is 2. The molecule has 0 radical (unpaired) electrons. The van der Waals surface area contributed by atoms with Gasteiger partial charge in [-0.1, -0.05) is 130 Å². The van der Waals surface area contributed by atoms with Crippen molar-refractivity contribution in [3.63, 3.8) is 0 Å². The molecule has 0 amide bonds. The predicted octanol–water partition coefficient (Wildman–Crippen LogP) is 12.1. The number of aliphatic imine (C=N–C) groups is 1. The molecular formula is C33H38Cl2N2S2. The van der Waals surface area contributed by atoms with Crippen molar-refractivity contribution in [2.75, 3.05) is 0 Å². The summed E-state index contributed by atoms with van der Waals surface area (Å²) < 4.78 is 2.22. The van der Waals surface area contributed by atoms with Gasteiger partial charge >= 0.3 is 0 Å². The predicted molar refractivity (Wildman–Crippen MR) is 175 cm³/mol. The summed E-state index contributed by atoms with van der Waals surface area (Å²) in [6.07, 6.45) is 16.8. The van der Waals surface area contributed by atoms with Gasteiger partial charge in [-0.25, -0.2) is 4.98 Å². The van der Waals surface area contributed by atoms with Crippen molar-refractivity contribution < 1.29 is 0 Å². The zero-order valence-corrected chi connectivity index (χ0v) is 25.9. The van der Waals surface area contributed by atoms with Gasteiger partial charge in [0.25, 0.3) is 0 Å². The van der Waals surface area contributed by atoms with Crippen molar-refractivity contribution in [2.45, 2.75) is 87.6 Å². The largest absolute Gasteiger partial charge is 0.256 e. The number of aryl methyl sites for hydroxylation is 1. The van der Waals surface area contributed by atoms with Crippen LogP contribution in [-0.4, -0.2) is 11.2 Å². The number of benzene rings is 3. The number of hydrogen-bond donors (Lipinski definition) is 0. The van der Waals surface area contributed by atoms with Gasteiger partial charge in [0.15, 0.2) is 4.34 Å². The van der Waals surface area contributed by atoms with E-state index in [9.17, 15) is 0 Å². The Morgan fingerprint density at radius 2 is 1.49 bits per heavy atom. The number of halogens is 2. The Labute approximate surface area is 252 Å². The first-order valence-electron chi connectivity index (χ1n) is 14.2. The number of thioether (sulfide) groups is 1. The summed E-state index contributed by atoms with van der Waals surface area (Å²) in [4.78, 5) is 9.41. The Hall–Kier alpha value is -1.85. The Balaban J connectivity index is 1.19. The third kappa shape index (κ3) is 10.2. The van der Waals surface area contributed by atoms with Gasteiger partial charge in [0.2, 0.25) is 0 Å². The minimum atomic E-state index is 0.593. The lowest BCUT2D eigenvalue weighted by atomic mass is 10.0. The quantitative estimate of drug-likeness (QED) is 0.0729. The number of unbranched alkanes of at least 4 members (excludes halogenated alkanes) is 9. The van der Waals surface area contributed by atoms with Crippen molar-refractivity contribution in [3.05, 3.63) is 87.4 Å². The fourth-order valence-corrected chi connectivity index (χ4v) is 7.06. The normalized spacial score (nSPS) is 11.7. The van der Waals surface area contributed by atoms with Crippen molar-refractivity contribution in [3.8, 4) is 0 Å². The first-order chi connectivity index (χ1) is 19.1.